The number of aromatic nitrogens is 3. The van der Waals surface area contributed by atoms with Crippen LogP contribution in [0, 0.1) is 11.7 Å². The van der Waals surface area contributed by atoms with Crippen molar-refractivity contribution in [2.45, 2.75) is 37.7 Å². The first-order valence-corrected chi connectivity index (χ1v) is 9.76. The summed E-state index contributed by atoms with van der Waals surface area (Å²) in [7, 11) is 0. The number of carbonyl (C=O) groups excluding carboxylic acids is 1. The summed E-state index contributed by atoms with van der Waals surface area (Å²) < 4.78 is 13.1. The molecule has 0 spiro atoms. The Balaban J connectivity index is 1.47. The van der Waals surface area contributed by atoms with E-state index in [-0.39, 0.29) is 17.5 Å². The summed E-state index contributed by atoms with van der Waals surface area (Å²) in [5.74, 6) is -0.408. The SMILES string of the molecule is O=C(c1cccnc1-c1ccncn1)C1CCC(O)(Cc2ccc(F)cc2)CC1. The molecule has 1 saturated carbocycles. The van der Waals surface area contributed by atoms with E-state index in [4.69, 9.17) is 0 Å². The minimum absolute atomic E-state index is 0.0375. The van der Waals surface area contributed by atoms with E-state index in [2.05, 4.69) is 15.0 Å². The van der Waals surface area contributed by atoms with Gasteiger partial charge in [-0.25, -0.2) is 14.4 Å². The molecule has 0 atom stereocenters. The Kier molecular flexibility index (Phi) is 5.45. The Bertz CT molecular complexity index is 985. The number of aliphatic hydroxyl groups is 1. The predicted octanol–water partition coefficient (Wildman–Crippen LogP) is 4.02. The molecule has 3 aromatic rings. The van der Waals surface area contributed by atoms with E-state index in [1.807, 2.05) is 0 Å². The molecule has 2 aromatic heterocycles. The molecule has 0 aliphatic heterocycles. The molecule has 2 heterocycles. The quantitative estimate of drug-likeness (QED) is 0.665. The largest absolute Gasteiger partial charge is 0.390 e. The minimum atomic E-state index is -0.862. The first kappa shape index (κ1) is 19.3. The molecule has 29 heavy (non-hydrogen) atoms. The highest BCUT2D eigenvalue weighted by atomic mass is 19.1. The molecule has 0 amide bonds. The molecule has 5 nitrogen and oxygen atoms in total. The highest BCUT2D eigenvalue weighted by Crippen LogP contribution is 2.37. The maximum atomic E-state index is 13.2. The lowest BCUT2D eigenvalue weighted by atomic mass is 9.73. The maximum absolute atomic E-state index is 13.2. The fourth-order valence-electron chi connectivity index (χ4n) is 4.04. The Hall–Kier alpha value is -2.99. The molecular weight excluding hydrogens is 369 g/mol. The van der Waals surface area contributed by atoms with E-state index < -0.39 is 5.60 Å². The van der Waals surface area contributed by atoms with Gasteiger partial charge < -0.3 is 5.11 Å². The van der Waals surface area contributed by atoms with Gasteiger partial charge in [0.15, 0.2) is 5.78 Å². The van der Waals surface area contributed by atoms with Gasteiger partial charge in [-0.2, -0.15) is 0 Å². The van der Waals surface area contributed by atoms with Crippen LogP contribution in [0.2, 0.25) is 0 Å². The zero-order chi connectivity index (χ0) is 20.3. The number of nitrogens with zero attached hydrogens (tertiary/aromatic N) is 3. The van der Waals surface area contributed by atoms with Crippen molar-refractivity contribution in [1.82, 2.24) is 15.0 Å². The molecule has 0 radical (unpaired) electrons. The lowest BCUT2D eigenvalue weighted by Crippen LogP contribution is -2.38. The first-order chi connectivity index (χ1) is 14.0. The first-order valence-electron chi connectivity index (χ1n) is 9.76. The average molecular weight is 391 g/mol. The molecule has 0 unspecified atom stereocenters. The predicted molar refractivity (Wildman–Crippen MR) is 107 cm³/mol. The van der Waals surface area contributed by atoms with Gasteiger partial charge in [0.05, 0.1) is 17.0 Å². The topological polar surface area (TPSA) is 76.0 Å². The maximum Gasteiger partial charge on any atom is 0.168 e. The molecule has 1 aliphatic rings. The number of carbonyl (C=O) groups is 1. The number of pyridine rings is 1. The van der Waals surface area contributed by atoms with E-state index in [9.17, 15) is 14.3 Å². The van der Waals surface area contributed by atoms with Crippen molar-refractivity contribution in [3.63, 3.8) is 0 Å². The zero-order valence-electron chi connectivity index (χ0n) is 16.0. The summed E-state index contributed by atoms with van der Waals surface area (Å²) >= 11 is 0. The second-order valence-electron chi connectivity index (χ2n) is 7.66. The fourth-order valence-corrected chi connectivity index (χ4v) is 4.04. The normalized spacial score (nSPS) is 21.7. The van der Waals surface area contributed by atoms with Gasteiger partial charge in [-0.15, -0.1) is 0 Å². The molecule has 148 valence electrons. The number of Topliss-reactive ketones (excluding diaryl/α,β-unsaturated/α-hetero) is 1. The molecule has 4 rings (SSSR count). The Morgan fingerprint density at radius 2 is 1.83 bits per heavy atom. The van der Waals surface area contributed by atoms with Gasteiger partial charge in [0.25, 0.3) is 0 Å². The molecular formula is C23H22FN3O2. The van der Waals surface area contributed by atoms with E-state index in [0.29, 0.717) is 49.1 Å². The van der Waals surface area contributed by atoms with Crippen LogP contribution in [0.4, 0.5) is 4.39 Å². The Morgan fingerprint density at radius 3 is 2.52 bits per heavy atom. The van der Waals surface area contributed by atoms with Crippen LogP contribution in [-0.4, -0.2) is 31.4 Å². The number of halogens is 1. The van der Waals surface area contributed by atoms with Crippen molar-refractivity contribution in [1.29, 1.82) is 0 Å². The van der Waals surface area contributed by atoms with Crippen molar-refractivity contribution in [3.05, 3.63) is 78.1 Å². The van der Waals surface area contributed by atoms with Gasteiger partial charge in [-0.1, -0.05) is 12.1 Å². The number of benzene rings is 1. The van der Waals surface area contributed by atoms with Gasteiger partial charge in [0.2, 0.25) is 0 Å². The number of hydrogen-bond donors (Lipinski definition) is 1. The van der Waals surface area contributed by atoms with E-state index in [1.165, 1.54) is 18.5 Å². The number of ketones is 1. The van der Waals surface area contributed by atoms with Crippen LogP contribution in [0.25, 0.3) is 11.4 Å². The second kappa shape index (κ2) is 8.17. The zero-order valence-corrected chi connectivity index (χ0v) is 16.0. The lowest BCUT2D eigenvalue weighted by molar-refractivity contribution is -0.00642. The Labute approximate surface area is 168 Å². The van der Waals surface area contributed by atoms with Gasteiger partial charge in [0.1, 0.15) is 12.1 Å². The molecule has 1 aromatic carbocycles. The third-order valence-electron chi connectivity index (χ3n) is 5.63. The van der Waals surface area contributed by atoms with E-state index in [0.717, 1.165) is 5.56 Å². The molecule has 0 bridgehead atoms. The summed E-state index contributed by atoms with van der Waals surface area (Å²) in [5.41, 5.74) is 1.77. The van der Waals surface area contributed by atoms with Crippen LogP contribution in [0.5, 0.6) is 0 Å². The molecule has 1 fully saturated rings. The summed E-state index contributed by atoms with van der Waals surface area (Å²) in [6, 6.07) is 11.5. The average Bonchev–Trinajstić information content (AvgIpc) is 2.76. The van der Waals surface area contributed by atoms with Crippen LogP contribution in [0.1, 0.15) is 41.6 Å². The minimum Gasteiger partial charge on any atom is -0.390 e. The van der Waals surface area contributed by atoms with Crippen molar-refractivity contribution in [3.8, 4) is 11.4 Å². The van der Waals surface area contributed by atoms with E-state index in [1.54, 1.807) is 42.7 Å². The summed E-state index contributed by atoms with van der Waals surface area (Å²) in [6.45, 7) is 0. The smallest absolute Gasteiger partial charge is 0.168 e. The molecule has 0 saturated heterocycles. The van der Waals surface area contributed by atoms with Crippen LogP contribution >= 0.6 is 0 Å². The van der Waals surface area contributed by atoms with Crippen molar-refractivity contribution in [2.24, 2.45) is 5.92 Å². The summed E-state index contributed by atoms with van der Waals surface area (Å²) in [4.78, 5) is 25.7. The van der Waals surface area contributed by atoms with Crippen molar-refractivity contribution < 1.29 is 14.3 Å². The number of rotatable bonds is 5. The van der Waals surface area contributed by atoms with Crippen LogP contribution in [0.3, 0.4) is 0 Å². The molecule has 1 N–H and O–H groups in total. The van der Waals surface area contributed by atoms with Gasteiger partial charge in [-0.05, 0) is 61.6 Å². The van der Waals surface area contributed by atoms with Gasteiger partial charge >= 0.3 is 0 Å². The summed E-state index contributed by atoms with van der Waals surface area (Å²) in [6.07, 6.45) is 7.46. The highest BCUT2D eigenvalue weighted by molar-refractivity contribution is 6.02. The third kappa shape index (κ3) is 4.38. The monoisotopic (exact) mass is 391 g/mol. The van der Waals surface area contributed by atoms with Crippen molar-refractivity contribution in [2.75, 3.05) is 0 Å². The Morgan fingerprint density at radius 1 is 1.07 bits per heavy atom. The third-order valence-corrected chi connectivity index (χ3v) is 5.63. The van der Waals surface area contributed by atoms with Gasteiger partial charge in [0, 0.05) is 30.3 Å². The van der Waals surface area contributed by atoms with Crippen molar-refractivity contribution >= 4 is 5.78 Å². The number of hydrogen-bond acceptors (Lipinski definition) is 5. The molecule has 1 aliphatic carbocycles. The molecule has 6 heteroatoms. The fraction of sp³-hybridized carbons (Fsp3) is 0.304. The van der Waals surface area contributed by atoms with E-state index >= 15 is 0 Å². The van der Waals surface area contributed by atoms with Crippen LogP contribution < -0.4 is 0 Å². The second-order valence-corrected chi connectivity index (χ2v) is 7.66. The lowest BCUT2D eigenvalue weighted by Gasteiger charge is -2.35. The summed E-state index contributed by atoms with van der Waals surface area (Å²) in [5, 5.41) is 11.0. The highest BCUT2D eigenvalue weighted by Gasteiger charge is 2.36. The van der Waals surface area contributed by atoms with Gasteiger partial charge in [-0.3, -0.25) is 9.78 Å². The van der Waals surface area contributed by atoms with Crippen LogP contribution in [0.15, 0.2) is 61.2 Å². The standard InChI is InChI=1S/C23H22FN3O2/c24-18-5-3-16(4-6-18)14-23(29)10-7-17(8-11-23)22(28)19-2-1-12-26-21(19)20-9-13-25-15-27-20/h1-6,9,12-13,15,17,29H,7-8,10-11,14H2. The van der Waals surface area contributed by atoms with Crippen LogP contribution in [-0.2, 0) is 6.42 Å².